The van der Waals surface area contributed by atoms with Gasteiger partial charge in [0.05, 0.1) is 4.90 Å². The van der Waals surface area contributed by atoms with Gasteiger partial charge in [0.15, 0.2) is 0 Å². The second-order valence-corrected chi connectivity index (χ2v) is 6.69. The zero-order chi connectivity index (χ0) is 15.5. The van der Waals surface area contributed by atoms with Gasteiger partial charge in [-0.15, -0.1) is 12.3 Å². The summed E-state index contributed by atoms with van der Waals surface area (Å²) in [4.78, 5) is 0.195. The van der Waals surface area contributed by atoms with Gasteiger partial charge >= 0.3 is 0 Å². The molecule has 0 aliphatic rings. The highest BCUT2D eigenvalue weighted by atomic mass is 35.5. The topological polar surface area (TPSA) is 46.2 Å². The van der Waals surface area contributed by atoms with Crippen molar-refractivity contribution in [1.29, 1.82) is 0 Å². The quantitative estimate of drug-likeness (QED) is 0.875. The molecule has 0 aliphatic heterocycles. The minimum absolute atomic E-state index is 0.195. The number of hydrogen-bond acceptors (Lipinski definition) is 2. The van der Waals surface area contributed by atoms with Crippen LogP contribution in [0.5, 0.6) is 0 Å². The highest BCUT2D eigenvalue weighted by Gasteiger charge is 2.18. The van der Waals surface area contributed by atoms with Crippen LogP contribution in [-0.2, 0) is 16.4 Å². The number of hydrogen-bond donors (Lipinski definition) is 1. The summed E-state index contributed by atoms with van der Waals surface area (Å²) in [7, 11) is -3.68. The average molecular weight is 320 g/mol. The normalized spacial score (nSPS) is 10.9. The SMILES string of the molecule is C#CCc1cc(C)ccc1S(=O)(=O)Nc1ccc(Cl)cc1. The fraction of sp³-hybridized carbons (Fsp3) is 0.125. The van der Waals surface area contributed by atoms with Gasteiger partial charge in [0.2, 0.25) is 0 Å². The number of anilines is 1. The van der Waals surface area contributed by atoms with E-state index in [9.17, 15) is 8.42 Å². The number of halogens is 1. The summed E-state index contributed by atoms with van der Waals surface area (Å²) in [6.07, 6.45) is 5.57. The van der Waals surface area contributed by atoms with Crippen molar-refractivity contribution in [2.75, 3.05) is 4.72 Å². The van der Waals surface area contributed by atoms with E-state index in [1.165, 1.54) is 0 Å². The fourth-order valence-corrected chi connectivity index (χ4v) is 3.35. The van der Waals surface area contributed by atoms with Gasteiger partial charge in [0.25, 0.3) is 10.0 Å². The first-order valence-corrected chi connectivity index (χ1v) is 8.10. The smallest absolute Gasteiger partial charge is 0.262 e. The van der Waals surface area contributed by atoms with Crippen molar-refractivity contribution in [3.8, 4) is 12.3 Å². The molecule has 0 aliphatic carbocycles. The third-order valence-electron chi connectivity index (χ3n) is 2.89. The molecule has 0 bridgehead atoms. The summed E-state index contributed by atoms with van der Waals surface area (Å²) in [6, 6.07) is 11.6. The molecule has 0 atom stereocenters. The maximum absolute atomic E-state index is 12.5. The Bertz CT molecular complexity index is 790. The van der Waals surface area contributed by atoms with Gasteiger partial charge in [-0.25, -0.2) is 8.42 Å². The predicted octanol–water partition coefficient (Wildman–Crippen LogP) is 3.62. The molecule has 0 aromatic heterocycles. The Morgan fingerprint density at radius 3 is 2.48 bits per heavy atom. The van der Waals surface area contributed by atoms with E-state index in [0.717, 1.165) is 5.56 Å². The van der Waals surface area contributed by atoms with E-state index in [4.69, 9.17) is 18.0 Å². The highest BCUT2D eigenvalue weighted by Crippen LogP contribution is 2.22. The van der Waals surface area contributed by atoms with Crippen LogP contribution in [0.15, 0.2) is 47.4 Å². The summed E-state index contributed by atoms with van der Waals surface area (Å²) < 4.78 is 27.5. The molecule has 1 N–H and O–H groups in total. The average Bonchev–Trinajstić information content (AvgIpc) is 2.41. The number of terminal acetylenes is 1. The molecule has 0 fully saturated rings. The van der Waals surface area contributed by atoms with Gasteiger partial charge in [-0.05, 0) is 42.8 Å². The van der Waals surface area contributed by atoms with Gasteiger partial charge < -0.3 is 0 Å². The van der Waals surface area contributed by atoms with Crippen molar-refractivity contribution in [2.45, 2.75) is 18.2 Å². The van der Waals surface area contributed by atoms with E-state index < -0.39 is 10.0 Å². The minimum atomic E-state index is -3.68. The number of aryl methyl sites for hydroxylation is 1. The zero-order valence-electron chi connectivity index (χ0n) is 11.4. The first-order valence-electron chi connectivity index (χ1n) is 6.24. The molecule has 0 spiro atoms. The van der Waals surface area contributed by atoms with Crippen LogP contribution >= 0.6 is 11.6 Å². The highest BCUT2D eigenvalue weighted by molar-refractivity contribution is 7.92. The molecule has 3 nitrogen and oxygen atoms in total. The molecule has 0 radical (unpaired) electrons. The molecule has 108 valence electrons. The fourth-order valence-electron chi connectivity index (χ4n) is 1.95. The van der Waals surface area contributed by atoms with Crippen LogP contribution in [0.2, 0.25) is 5.02 Å². The maximum Gasteiger partial charge on any atom is 0.262 e. The molecule has 0 saturated heterocycles. The van der Waals surface area contributed by atoms with Crippen LogP contribution in [0.25, 0.3) is 0 Å². The molecule has 5 heteroatoms. The van der Waals surface area contributed by atoms with Crippen molar-refractivity contribution in [3.63, 3.8) is 0 Å². The monoisotopic (exact) mass is 319 g/mol. The van der Waals surface area contributed by atoms with Crippen molar-refractivity contribution in [1.82, 2.24) is 0 Å². The molecular weight excluding hydrogens is 306 g/mol. The minimum Gasteiger partial charge on any atom is -0.280 e. The van der Waals surface area contributed by atoms with Crippen LogP contribution in [0.3, 0.4) is 0 Å². The number of sulfonamides is 1. The Morgan fingerprint density at radius 1 is 1.19 bits per heavy atom. The van der Waals surface area contributed by atoms with Crippen LogP contribution < -0.4 is 4.72 Å². The van der Waals surface area contributed by atoms with Crippen molar-refractivity contribution >= 4 is 27.3 Å². The van der Waals surface area contributed by atoms with Gasteiger partial charge in [0, 0.05) is 17.1 Å². The lowest BCUT2D eigenvalue weighted by Gasteiger charge is -2.12. The summed E-state index contributed by atoms with van der Waals surface area (Å²) >= 11 is 5.78. The van der Waals surface area contributed by atoms with Crippen LogP contribution in [0, 0.1) is 19.3 Å². The lowest BCUT2D eigenvalue weighted by molar-refractivity contribution is 0.600. The van der Waals surface area contributed by atoms with E-state index in [-0.39, 0.29) is 11.3 Å². The Kier molecular flexibility index (Phi) is 4.56. The second-order valence-electron chi connectivity index (χ2n) is 4.60. The summed E-state index contributed by atoms with van der Waals surface area (Å²) in [5.74, 6) is 2.49. The Morgan fingerprint density at radius 2 is 1.86 bits per heavy atom. The van der Waals surface area contributed by atoms with E-state index in [2.05, 4.69) is 10.6 Å². The molecule has 21 heavy (non-hydrogen) atoms. The molecule has 0 saturated carbocycles. The maximum atomic E-state index is 12.5. The van der Waals surface area contributed by atoms with Crippen LogP contribution in [0.1, 0.15) is 11.1 Å². The van der Waals surface area contributed by atoms with Crippen molar-refractivity contribution in [2.24, 2.45) is 0 Å². The van der Waals surface area contributed by atoms with E-state index in [0.29, 0.717) is 16.3 Å². The standard InChI is InChI=1S/C16H14ClNO2S/c1-3-4-13-11-12(2)5-10-16(13)21(19,20)18-15-8-6-14(17)7-9-15/h1,5-11,18H,4H2,2H3. The van der Waals surface area contributed by atoms with E-state index >= 15 is 0 Å². The molecule has 0 amide bonds. The number of rotatable bonds is 4. The van der Waals surface area contributed by atoms with Crippen LogP contribution in [0.4, 0.5) is 5.69 Å². The van der Waals surface area contributed by atoms with E-state index in [1.807, 2.05) is 6.92 Å². The van der Waals surface area contributed by atoms with Gasteiger partial charge in [0.1, 0.15) is 0 Å². The first kappa shape index (κ1) is 15.4. The predicted molar refractivity (Wildman–Crippen MR) is 86.0 cm³/mol. The lowest BCUT2D eigenvalue weighted by Crippen LogP contribution is -2.15. The molecule has 2 aromatic carbocycles. The molecule has 2 aromatic rings. The Labute approximate surface area is 130 Å². The molecular formula is C16H14ClNO2S. The number of nitrogens with one attached hydrogen (secondary N) is 1. The Balaban J connectivity index is 2.40. The van der Waals surface area contributed by atoms with Gasteiger partial charge in [-0.1, -0.05) is 29.3 Å². The molecule has 2 rings (SSSR count). The van der Waals surface area contributed by atoms with Crippen LogP contribution in [-0.4, -0.2) is 8.42 Å². The second kappa shape index (κ2) is 6.21. The third-order valence-corrected chi connectivity index (χ3v) is 4.63. The Hall–Kier alpha value is -1.96. The van der Waals surface area contributed by atoms with Crippen molar-refractivity contribution < 1.29 is 8.42 Å². The largest absolute Gasteiger partial charge is 0.280 e. The van der Waals surface area contributed by atoms with Gasteiger partial charge in [-0.3, -0.25) is 4.72 Å². The summed E-state index contributed by atoms with van der Waals surface area (Å²) in [6.45, 7) is 1.89. The third kappa shape index (κ3) is 3.78. The summed E-state index contributed by atoms with van der Waals surface area (Å²) in [5, 5.41) is 0.543. The van der Waals surface area contributed by atoms with Crippen molar-refractivity contribution in [3.05, 3.63) is 58.6 Å². The first-order chi connectivity index (χ1) is 9.92. The zero-order valence-corrected chi connectivity index (χ0v) is 13.0. The summed E-state index contributed by atoms with van der Waals surface area (Å²) in [5.41, 5.74) is 2.02. The molecule has 0 heterocycles. The van der Waals surface area contributed by atoms with E-state index in [1.54, 1.807) is 42.5 Å². The number of benzene rings is 2. The van der Waals surface area contributed by atoms with Gasteiger partial charge in [-0.2, -0.15) is 0 Å². The molecule has 0 unspecified atom stereocenters. The lowest BCUT2D eigenvalue weighted by atomic mass is 10.1.